The van der Waals surface area contributed by atoms with Crippen LogP contribution in [0.2, 0.25) is 0 Å². The highest BCUT2D eigenvalue weighted by Crippen LogP contribution is 2.11. The number of imide groups is 1. The Labute approximate surface area is 156 Å². The Morgan fingerprint density at radius 3 is 2.35 bits per heavy atom. The third-order valence-electron chi connectivity index (χ3n) is 4.31. The summed E-state index contributed by atoms with van der Waals surface area (Å²) in [6.45, 7) is 8.56. The fourth-order valence-electron chi connectivity index (χ4n) is 3.19. The fourth-order valence-corrected chi connectivity index (χ4v) is 3.19. The van der Waals surface area contributed by atoms with Gasteiger partial charge in [-0.25, -0.2) is 0 Å². The Bertz CT molecular complexity index is 634. The van der Waals surface area contributed by atoms with Crippen molar-refractivity contribution >= 4 is 17.8 Å². The molecule has 0 saturated carbocycles. The van der Waals surface area contributed by atoms with Gasteiger partial charge >= 0.3 is 0 Å². The van der Waals surface area contributed by atoms with Crippen molar-refractivity contribution in [3.63, 3.8) is 0 Å². The topological polar surface area (TPSA) is 73.8 Å². The highest BCUT2D eigenvalue weighted by atomic mass is 16.2. The first-order valence-electron chi connectivity index (χ1n) is 9.42. The molecule has 1 fully saturated rings. The Balaban J connectivity index is 1.84. The third kappa shape index (κ3) is 6.17. The molecule has 0 aromatic heterocycles. The molecule has 1 aromatic rings. The first kappa shape index (κ1) is 19.9. The maximum atomic E-state index is 11.8. The molecule has 6 heteroatoms. The summed E-state index contributed by atoms with van der Waals surface area (Å²) in [7, 11) is 0. The fraction of sp³-hybridized carbons (Fsp3) is 0.550. The van der Waals surface area contributed by atoms with Gasteiger partial charge in [0.1, 0.15) is 0 Å². The van der Waals surface area contributed by atoms with E-state index in [1.807, 2.05) is 6.92 Å². The molecule has 0 bridgehead atoms. The number of aliphatic imine (C=N–C) groups is 1. The van der Waals surface area contributed by atoms with Crippen LogP contribution in [0, 0.1) is 13.8 Å². The number of benzene rings is 1. The van der Waals surface area contributed by atoms with Gasteiger partial charge in [0.25, 0.3) is 0 Å². The Morgan fingerprint density at radius 2 is 1.73 bits per heavy atom. The van der Waals surface area contributed by atoms with Gasteiger partial charge in [0.15, 0.2) is 5.96 Å². The van der Waals surface area contributed by atoms with Gasteiger partial charge < -0.3 is 10.6 Å². The van der Waals surface area contributed by atoms with E-state index in [0.717, 1.165) is 13.0 Å². The summed E-state index contributed by atoms with van der Waals surface area (Å²) in [6.07, 6.45) is 2.48. The second-order valence-electron chi connectivity index (χ2n) is 6.73. The van der Waals surface area contributed by atoms with Crippen molar-refractivity contribution in [3.05, 3.63) is 34.9 Å². The van der Waals surface area contributed by atoms with Gasteiger partial charge in [-0.05, 0) is 39.2 Å². The first-order chi connectivity index (χ1) is 12.5. The molecule has 0 atom stereocenters. The summed E-state index contributed by atoms with van der Waals surface area (Å²) >= 11 is 0. The number of hydrogen-bond donors (Lipinski definition) is 2. The number of carbonyl (C=O) groups is 2. The number of piperidine rings is 1. The van der Waals surface area contributed by atoms with Gasteiger partial charge in [-0.2, -0.15) is 0 Å². The smallest absolute Gasteiger partial charge is 0.229 e. The molecule has 0 radical (unpaired) electrons. The number of guanidine groups is 1. The van der Waals surface area contributed by atoms with Crippen molar-refractivity contribution in [1.29, 1.82) is 0 Å². The molecule has 26 heavy (non-hydrogen) atoms. The number of hydrogen-bond acceptors (Lipinski definition) is 3. The number of carbonyl (C=O) groups excluding carboxylic acids is 2. The minimum absolute atomic E-state index is 0.0696. The average molecular weight is 358 g/mol. The predicted octanol–water partition coefficient (Wildman–Crippen LogP) is 1.94. The van der Waals surface area contributed by atoms with E-state index in [1.54, 1.807) is 0 Å². The second kappa shape index (κ2) is 9.94. The van der Waals surface area contributed by atoms with Crippen LogP contribution in [-0.2, 0) is 16.0 Å². The minimum atomic E-state index is -0.0696. The molecule has 1 aliphatic heterocycles. The van der Waals surface area contributed by atoms with Crippen LogP contribution in [0.1, 0.15) is 42.9 Å². The Kier molecular flexibility index (Phi) is 7.63. The van der Waals surface area contributed by atoms with Crippen LogP contribution < -0.4 is 10.6 Å². The van der Waals surface area contributed by atoms with Crippen LogP contribution in [0.4, 0.5) is 0 Å². The van der Waals surface area contributed by atoms with E-state index >= 15 is 0 Å². The predicted molar refractivity (Wildman–Crippen MR) is 104 cm³/mol. The van der Waals surface area contributed by atoms with E-state index < -0.39 is 0 Å². The summed E-state index contributed by atoms with van der Waals surface area (Å²) in [6, 6.07) is 6.55. The summed E-state index contributed by atoms with van der Waals surface area (Å²) in [5.74, 6) is 0.577. The highest BCUT2D eigenvalue weighted by Gasteiger charge is 2.25. The molecule has 0 unspecified atom stereocenters. The minimum Gasteiger partial charge on any atom is -0.357 e. The van der Waals surface area contributed by atoms with Crippen LogP contribution in [0.25, 0.3) is 0 Å². The van der Waals surface area contributed by atoms with Crippen LogP contribution >= 0.6 is 0 Å². The number of likely N-dealkylation sites (tertiary alicyclic amines) is 1. The van der Waals surface area contributed by atoms with Crippen LogP contribution in [0.5, 0.6) is 0 Å². The van der Waals surface area contributed by atoms with Crippen molar-refractivity contribution in [2.45, 2.75) is 46.5 Å². The third-order valence-corrected chi connectivity index (χ3v) is 4.31. The number of aryl methyl sites for hydroxylation is 2. The van der Waals surface area contributed by atoms with E-state index in [9.17, 15) is 9.59 Å². The monoisotopic (exact) mass is 358 g/mol. The first-order valence-corrected chi connectivity index (χ1v) is 9.42. The lowest BCUT2D eigenvalue weighted by Crippen LogP contribution is -2.46. The van der Waals surface area contributed by atoms with Gasteiger partial charge in [-0.1, -0.05) is 29.3 Å². The number of nitrogens with zero attached hydrogens (tertiary/aromatic N) is 2. The maximum absolute atomic E-state index is 11.8. The maximum Gasteiger partial charge on any atom is 0.229 e. The molecule has 2 amide bonds. The molecule has 142 valence electrons. The molecule has 2 rings (SSSR count). The highest BCUT2D eigenvalue weighted by molar-refractivity contribution is 5.97. The van der Waals surface area contributed by atoms with E-state index in [0.29, 0.717) is 44.9 Å². The number of nitrogens with one attached hydrogen (secondary N) is 2. The van der Waals surface area contributed by atoms with Gasteiger partial charge in [-0.3, -0.25) is 19.5 Å². The second-order valence-corrected chi connectivity index (χ2v) is 6.73. The zero-order valence-electron chi connectivity index (χ0n) is 16.1. The Hall–Kier alpha value is -2.37. The molecular formula is C20H30N4O2. The van der Waals surface area contributed by atoms with Crippen molar-refractivity contribution in [2.75, 3.05) is 26.2 Å². The van der Waals surface area contributed by atoms with Gasteiger partial charge in [0, 0.05) is 39.0 Å². The molecule has 2 N–H and O–H groups in total. The molecule has 0 aliphatic carbocycles. The molecule has 0 spiro atoms. The lowest BCUT2D eigenvalue weighted by Gasteiger charge is -2.25. The zero-order chi connectivity index (χ0) is 18.9. The normalized spacial score (nSPS) is 15.3. The molecule has 1 aromatic carbocycles. The van der Waals surface area contributed by atoms with Crippen LogP contribution in [0.15, 0.2) is 23.2 Å². The summed E-state index contributed by atoms with van der Waals surface area (Å²) in [4.78, 5) is 29.6. The van der Waals surface area contributed by atoms with Gasteiger partial charge in [-0.15, -0.1) is 0 Å². The Morgan fingerprint density at radius 1 is 1.08 bits per heavy atom. The average Bonchev–Trinajstić information content (AvgIpc) is 2.56. The van der Waals surface area contributed by atoms with Crippen molar-refractivity contribution in [1.82, 2.24) is 15.5 Å². The lowest BCUT2D eigenvalue weighted by molar-refractivity contribution is -0.147. The van der Waals surface area contributed by atoms with Crippen LogP contribution in [0.3, 0.4) is 0 Å². The van der Waals surface area contributed by atoms with Crippen molar-refractivity contribution in [2.24, 2.45) is 4.99 Å². The summed E-state index contributed by atoms with van der Waals surface area (Å²) in [5, 5.41) is 6.41. The van der Waals surface area contributed by atoms with Crippen molar-refractivity contribution in [3.8, 4) is 0 Å². The quantitative estimate of drug-likeness (QED) is 0.444. The number of amides is 2. The van der Waals surface area contributed by atoms with Crippen molar-refractivity contribution < 1.29 is 9.59 Å². The standard InChI is InChI=1S/C20H30N4O2/c1-4-21-20(22-9-8-17-13-15(2)12-16(3)14-17)23-10-11-24-18(25)6-5-7-19(24)26/h12-14H,4-11H2,1-3H3,(H2,21,22,23). The lowest BCUT2D eigenvalue weighted by atomic mass is 10.1. The summed E-state index contributed by atoms with van der Waals surface area (Å²) < 4.78 is 0. The van der Waals surface area contributed by atoms with E-state index in [-0.39, 0.29) is 11.8 Å². The number of rotatable bonds is 7. The molecule has 1 aliphatic rings. The van der Waals surface area contributed by atoms with Gasteiger partial charge in [0.2, 0.25) is 11.8 Å². The molecular weight excluding hydrogens is 328 g/mol. The molecule has 6 nitrogen and oxygen atoms in total. The molecule has 1 saturated heterocycles. The van der Waals surface area contributed by atoms with E-state index in [2.05, 4.69) is 47.7 Å². The zero-order valence-corrected chi connectivity index (χ0v) is 16.1. The van der Waals surface area contributed by atoms with Crippen LogP contribution in [-0.4, -0.2) is 48.9 Å². The summed E-state index contributed by atoms with van der Waals surface area (Å²) in [5.41, 5.74) is 3.82. The SMILES string of the molecule is CCNC(=NCCc1cc(C)cc(C)c1)NCCN1C(=O)CCCC1=O. The molecule has 1 heterocycles. The van der Waals surface area contributed by atoms with Gasteiger partial charge in [0.05, 0.1) is 0 Å². The van der Waals surface area contributed by atoms with E-state index in [4.69, 9.17) is 0 Å². The largest absolute Gasteiger partial charge is 0.357 e. The van der Waals surface area contributed by atoms with E-state index in [1.165, 1.54) is 21.6 Å².